The van der Waals surface area contributed by atoms with Gasteiger partial charge in [0.05, 0.1) is 0 Å². The Labute approximate surface area is 63.9 Å². The molecular weight excluding hydrogens is 122 g/mol. The molecule has 0 fully saturated rings. The zero-order valence-corrected chi connectivity index (χ0v) is 7.22. The Balaban J connectivity index is 3.92. The summed E-state index contributed by atoms with van der Waals surface area (Å²) in [5.41, 5.74) is 1.05. The minimum absolute atomic E-state index is 0.686. The highest BCUT2D eigenvalue weighted by molar-refractivity contribution is 5.28. The molecule has 0 amide bonds. The van der Waals surface area contributed by atoms with E-state index >= 15 is 0 Å². The first-order chi connectivity index (χ1) is 4.74. The second-order valence-electron chi connectivity index (χ2n) is 2.54. The van der Waals surface area contributed by atoms with Crippen molar-refractivity contribution in [3.63, 3.8) is 0 Å². The number of hydrogen-bond donors (Lipinski definition) is 0. The number of rotatable bonds is 4. The van der Waals surface area contributed by atoms with Gasteiger partial charge in [0.1, 0.15) is 0 Å². The molecule has 0 aromatic heterocycles. The van der Waals surface area contributed by atoms with Crippen LogP contribution < -0.4 is 0 Å². The fraction of sp³-hybridized carbons (Fsp3) is 0.667. The minimum Gasteiger partial charge on any atom is -0.270 e. The Hall–Kier alpha value is -0.590. The summed E-state index contributed by atoms with van der Waals surface area (Å²) in [7, 11) is 0. The molecule has 1 heteroatoms. The van der Waals surface area contributed by atoms with Gasteiger partial charge in [-0.05, 0) is 32.4 Å². The largest absolute Gasteiger partial charge is 0.270 e. The molecule has 0 N–H and O–H groups in total. The summed E-state index contributed by atoms with van der Waals surface area (Å²) in [6, 6.07) is 0. The van der Waals surface area contributed by atoms with Gasteiger partial charge >= 0.3 is 0 Å². The van der Waals surface area contributed by atoms with Gasteiger partial charge in [-0.15, -0.1) is 0 Å². The van der Waals surface area contributed by atoms with Crippen molar-refractivity contribution in [2.75, 3.05) is 0 Å². The van der Waals surface area contributed by atoms with Crippen molar-refractivity contribution in [2.45, 2.75) is 33.6 Å². The van der Waals surface area contributed by atoms with Gasteiger partial charge in [0.2, 0.25) is 0 Å². The second-order valence-corrected chi connectivity index (χ2v) is 2.54. The topological polar surface area (TPSA) is 12.4 Å². The van der Waals surface area contributed by atoms with E-state index in [4.69, 9.17) is 0 Å². The molecule has 0 unspecified atom stereocenters. The van der Waals surface area contributed by atoms with Gasteiger partial charge in [-0.2, -0.15) is 0 Å². The van der Waals surface area contributed by atoms with Crippen molar-refractivity contribution < 1.29 is 0 Å². The average molecular weight is 139 g/mol. The van der Waals surface area contributed by atoms with Crippen LogP contribution in [-0.4, -0.2) is 6.72 Å². The molecule has 0 radical (unpaired) electrons. The van der Waals surface area contributed by atoms with Crippen molar-refractivity contribution in [3.05, 3.63) is 11.8 Å². The first kappa shape index (κ1) is 9.41. The molecule has 0 heterocycles. The number of nitrogens with zero attached hydrogens (tertiary/aromatic N) is 1. The lowest BCUT2D eigenvalue weighted by molar-refractivity contribution is 0.602. The molecule has 0 aliphatic heterocycles. The van der Waals surface area contributed by atoms with E-state index in [1.165, 1.54) is 12.8 Å². The molecule has 0 aliphatic rings. The summed E-state index contributed by atoms with van der Waals surface area (Å²) in [4.78, 5) is 3.84. The van der Waals surface area contributed by atoms with Crippen LogP contribution in [0.4, 0.5) is 0 Å². The molecule has 0 rings (SSSR count). The lowest BCUT2D eigenvalue weighted by Gasteiger charge is -2.05. The van der Waals surface area contributed by atoms with Gasteiger partial charge in [-0.1, -0.05) is 19.9 Å². The third-order valence-corrected chi connectivity index (χ3v) is 1.78. The van der Waals surface area contributed by atoms with Crippen LogP contribution in [0.25, 0.3) is 0 Å². The fourth-order valence-corrected chi connectivity index (χ4v) is 0.918. The van der Waals surface area contributed by atoms with Crippen LogP contribution in [0.2, 0.25) is 0 Å². The molecule has 0 atom stereocenters. The zero-order chi connectivity index (χ0) is 7.98. The van der Waals surface area contributed by atoms with Crippen molar-refractivity contribution in [1.29, 1.82) is 0 Å². The molecule has 0 bridgehead atoms. The van der Waals surface area contributed by atoms with Crippen LogP contribution in [0.1, 0.15) is 33.6 Å². The number of allylic oxidation sites excluding steroid dienone is 2. The smallest absolute Gasteiger partial charge is 0.0328 e. The third kappa shape index (κ3) is 3.44. The summed E-state index contributed by atoms with van der Waals surface area (Å²) >= 11 is 0. The Morgan fingerprint density at radius 1 is 1.50 bits per heavy atom. The normalized spacial score (nSPS) is 12.2. The van der Waals surface area contributed by atoms with Crippen molar-refractivity contribution in [3.8, 4) is 0 Å². The molecule has 0 aliphatic carbocycles. The van der Waals surface area contributed by atoms with Crippen LogP contribution in [0.15, 0.2) is 16.8 Å². The highest BCUT2D eigenvalue weighted by Gasteiger charge is 1.97. The zero-order valence-electron chi connectivity index (χ0n) is 7.22. The Morgan fingerprint density at radius 2 is 2.00 bits per heavy atom. The molecule has 0 aromatic carbocycles. The van der Waals surface area contributed by atoms with Crippen LogP contribution in [0.3, 0.4) is 0 Å². The summed E-state index contributed by atoms with van der Waals surface area (Å²) in [5, 5.41) is 0. The van der Waals surface area contributed by atoms with Gasteiger partial charge in [-0.3, -0.25) is 4.99 Å². The van der Waals surface area contributed by atoms with Gasteiger partial charge < -0.3 is 0 Å². The van der Waals surface area contributed by atoms with E-state index in [0.29, 0.717) is 5.92 Å². The van der Waals surface area contributed by atoms with Crippen LogP contribution in [-0.2, 0) is 0 Å². The van der Waals surface area contributed by atoms with E-state index in [2.05, 4.69) is 31.6 Å². The van der Waals surface area contributed by atoms with Crippen LogP contribution in [0, 0.1) is 5.92 Å². The van der Waals surface area contributed by atoms with E-state index in [1.54, 1.807) is 0 Å². The summed E-state index contributed by atoms with van der Waals surface area (Å²) in [6.07, 6.45) is 4.58. The summed E-state index contributed by atoms with van der Waals surface area (Å²) < 4.78 is 0. The first-order valence-corrected chi connectivity index (χ1v) is 3.89. The molecule has 0 saturated carbocycles. The first-order valence-electron chi connectivity index (χ1n) is 3.89. The average Bonchev–Trinajstić information content (AvgIpc) is 1.99. The SMILES string of the molecule is C=N/C(C)=C\C(CC)CC. The Kier molecular flexibility index (Phi) is 4.91. The summed E-state index contributed by atoms with van der Waals surface area (Å²) in [6.45, 7) is 9.85. The van der Waals surface area contributed by atoms with Gasteiger partial charge in [0.15, 0.2) is 0 Å². The standard InChI is InChI=1S/C9H17N/c1-5-9(6-2)7-8(3)10-4/h7,9H,4-6H2,1-3H3/b8-7-. The number of aliphatic imine (C=N–C) groups is 1. The summed E-state index contributed by atoms with van der Waals surface area (Å²) in [5.74, 6) is 0.686. The second kappa shape index (κ2) is 5.21. The fourth-order valence-electron chi connectivity index (χ4n) is 0.918. The molecule has 0 aromatic rings. The van der Waals surface area contributed by atoms with E-state index in [9.17, 15) is 0 Å². The Morgan fingerprint density at radius 3 is 2.30 bits per heavy atom. The third-order valence-electron chi connectivity index (χ3n) is 1.78. The predicted octanol–water partition coefficient (Wildman–Crippen LogP) is 3.03. The van der Waals surface area contributed by atoms with Gasteiger partial charge in [0.25, 0.3) is 0 Å². The number of hydrogen-bond acceptors (Lipinski definition) is 1. The van der Waals surface area contributed by atoms with Crippen molar-refractivity contribution in [2.24, 2.45) is 10.9 Å². The molecule has 58 valence electrons. The maximum absolute atomic E-state index is 3.84. The van der Waals surface area contributed by atoms with Crippen LogP contribution in [0.5, 0.6) is 0 Å². The van der Waals surface area contributed by atoms with E-state index in [0.717, 1.165) is 5.70 Å². The molecule has 10 heavy (non-hydrogen) atoms. The van der Waals surface area contributed by atoms with E-state index < -0.39 is 0 Å². The Bertz CT molecular complexity index is 121. The highest BCUT2D eigenvalue weighted by Crippen LogP contribution is 2.11. The quantitative estimate of drug-likeness (QED) is 0.531. The van der Waals surface area contributed by atoms with Crippen molar-refractivity contribution >= 4 is 6.72 Å². The lowest BCUT2D eigenvalue weighted by Crippen LogP contribution is -1.91. The molecular formula is C9H17N. The highest BCUT2D eigenvalue weighted by atomic mass is 14.7. The van der Waals surface area contributed by atoms with Gasteiger partial charge in [0, 0.05) is 5.70 Å². The maximum Gasteiger partial charge on any atom is 0.0328 e. The maximum atomic E-state index is 3.84. The van der Waals surface area contributed by atoms with Crippen LogP contribution >= 0.6 is 0 Å². The molecule has 1 nitrogen and oxygen atoms in total. The van der Waals surface area contributed by atoms with Crippen molar-refractivity contribution in [1.82, 2.24) is 0 Å². The lowest BCUT2D eigenvalue weighted by atomic mass is 10.0. The van der Waals surface area contributed by atoms with E-state index in [1.807, 2.05) is 6.92 Å². The monoisotopic (exact) mass is 139 g/mol. The molecule has 0 spiro atoms. The molecule has 0 saturated heterocycles. The minimum atomic E-state index is 0.686. The van der Waals surface area contributed by atoms with E-state index in [-0.39, 0.29) is 0 Å². The van der Waals surface area contributed by atoms with Gasteiger partial charge in [-0.25, -0.2) is 0 Å². The predicted molar refractivity (Wildman–Crippen MR) is 47.4 cm³/mol.